The standard InChI is InChI=1S/C36H34F2N4O5/c37-30-16-15-26(18-31(30)38)27-13-14-28-20-33(42-32(28)19-27)34(43)40-21-29(41-36(45)47-23-25-10-5-2-6-11-25)12-7-17-39-35(44)46-22-24-8-3-1-4-9-24/h1-6,8-11,13-16,18-20,29,42H,7,12,17,21-23H2,(H,39,44)(H,40,43)(H,41,45)/t29-/m0/s1. The maximum Gasteiger partial charge on any atom is 0.407 e. The number of nitrogens with one attached hydrogen (secondary N) is 4. The molecule has 47 heavy (non-hydrogen) atoms. The number of aromatic amines is 1. The van der Waals surface area contributed by atoms with Gasteiger partial charge in [-0.15, -0.1) is 0 Å². The number of carbonyl (C=O) groups is 3. The molecular formula is C36H34F2N4O5. The Kier molecular flexibility index (Phi) is 11.1. The molecule has 0 bridgehead atoms. The lowest BCUT2D eigenvalue weighted by molar-refractivity contribution is 0.0940. The Hall–Kier alpha value is -5.71. The van der Waals surface area contributed by atoms with E-state index in [-0.39, 0.29) is 25.5 Å². The van der Waals surface area contributed by atoms with E-state index in [0.29, 0.717) is 36.0 Å². The summed E-state index contributed by atoms with van der Waals surface area (Å²) >= 11 is 0. The third-order valence-corrected chi connectivity index (χ3v) is 7.38. The molecule has 4 aromatic carbocycles. The molecule has 0 saturated carbocycles. The number of fused-ring (bicyclic) bond motifs is 1. The first-order valence-corrected chi connectivity index (χ1v) is 15.1. The van der Waals surface area contributed by atoms with E-state index in [1.165, 1.54) is 6.07 Å². The van der Waals surface area contributed by atoms with E-state index in [1.54, 1.807) is 24.3 Å². The quantitative estimate of drug-likeness (QED) is 0.105. The minimum atomic E-state index is -0.944. The highest BCUT2D eigenvalue weighted by Crippen LogP contribution is 2.26. The summed E-state index contributed by atoms with van der Waals surface area (Å²) in [5.74, 6) is -2.27. The summed E-state index contributed by atoms with van der Waals surface area (Å²) in [5.41, 5.74) is 3.78. The maximum absolute atomic E-state index is 13.8. The number of amides is 3. The molecule has 5 aromatic rings. The molecule has 0 unspecified atom stereocenters. The van der Waals surface area contributed by atoms with Gasteiger partial charge >= 0.3 is 12.2 Å². The molecule has 0 fully saturated rings. The van der Waals surface area contributed by atoms with Gasteiger partial charge in [-0.3, -0.25) is 4.79 Å². The van der Waals surface area contributed by atoms with Crippen molar-refractivity contribution in [1.82, 2.24) is 20.9 Å². The zero-order chi connectivity index (χ0) is 33.0. The summed E-state index contributed by atoms with van der Waals surface area (Å²) in [7, 11) is 0. The van der Waals surface area contributed by atoms with Crippen LogP contribution in [0.4, 0.5) is 18.4 Å². The molecule has 0 aliphatic rings. The molecule has 0 aliphatic heterocycles. The molecule has 1 heterocycles. The molecule has 0 saturated heterocycles. The minimum absolute atomic E-state index is 0.0855. The molecule has 9 nitrogen and oxygen atoms in total. The van der Waals surface area contributed by atoms with Crippen molar-refractivity contribution in [1.29, 1.82) is 0 Å². The molecule has 3 amide bonds. The number of halogens is 2. The second-order valence-corrected chi connectivity index (χ2v) is 10.9. The normalized spacial score (nSPS) is 11.4. The highest BCUT2D eigenvalue weighted by molar-refractivity contribution is 5.98. The average molecular weight is 641 g/mol. The van der Waals surface area contributed by atoms with Crippen LogP contribution in [-0.4, -0.2) is 42.2 Å². The van der Waals surface area contributed by atoms with Crippen LogP contribution in [0.2, 0.25) is 0 Å². The molecule has 1 atom stereocenters. The Morgan fingerprint density at radius 3 is 2.02 bits per heavy atom. The molecule has 11 heteroatoms. The van der Waals surface area contributed by atoms with Crippen LogP contribution < -0.4 is 16.0 Å². The lowest BCUT2D eigenvalue weighted by Gasteiger charge is -2.19. The third kappa shape index (κ3) is 9.64. The number of aromatic nitrogens is 1. The molecule has 4 N–H and O–H groups in total. The zero-order valence-electron chi connectivity index (χ0n) is 25.4. The molecule has 1 aromatic heterocycles. The first-order valence-electron chi connectivity index (χ1n) is 15.1. The Balaban J connectivity index is 1.16. The van der Waals surface area contributed by atoms with E-state index >= 15 is 0 Å². The third-order valence-electron chi connectivity index (χ3n) is 7.38. The van der Waals surface area contributed by atoms with Gasteiger partial charge < -0.3 is 30.4 Å². The molecule has 5 rings (SSSR count). The fraction of sp³-hybridized carbons (Fsp3) is 0.194. The SMILES string of the molecule is O=C(NCCC[C@@H](CNC(=O)c1cc2ccc(-c3ccc(F)c(F)c3)cc2[nH]1)NC(=O)OCc1ccccc1)OCc1ccccc1. The number of benzene rings is 4. The van der Waals surface area contributed by atoms with Crippen molar-refractivity contribution < 1.29 is 32.6 Å². The summed E-state index contributed by atoms with van der Waals surface area (Å²) in [6.45, 7) is 0.618. The lowest BCUT2D eigenvalue weighted by atomic mass is 10.0. The van der Waals surface area contributed by atoms with Gasteiger partial charge in [0.25, 0.3) is 5.91 Å². The van der Waals surface area contributed by atoms with Crippen molar-refractivity contribution in [2.24, 2.45) is 0 Å². The Morgan fingerprint density at radius 2 is 1.34 bits per heavy atom. The van der Waals surface area contributed by atoms with Crippen molar-refractivity contribution in [2.45, 2.75) is 32.1 Å². The number of H-pyrrole nitrogens is 1. The smallest absolute Gasteiger partial charge is 0.407 e. The van der Waals surface area contributed by atoms with Crippen LogP contribution in [0, 0.1) is 11.6 Å². The molecule has 0 aliphatic carbocycles. The van der Waals surface area contributed by atoms with E-state index in [2.05, 4.69) is 20.9 Å². The predicted molar refractivity (Wildman–Crippen MR) is 173 cm³/mol. The van der Waals surface area contributed by atoms with E-state index < -0.39 is 35.8 Å². The molecule has 0 spiro atoms. The van der Waals surface area contributed by atoms with Gasteiger partial charge in [0.1, 0.15) is 18.9 Å². The van der Waals surface area contributed by atoms with E-state index in [9.17, 15) is 23.2 Å². The van der Waals surface area contributed by atoms with Gasteiger partial charge in [0.15, 0.2) is 11.6 Å². The highest BCUT2D eigenvalue weighted by Gasteiger charge is 2.17. The van der Waals surface area contributed by atoms with Gasteiger partial charge in [-0.25, -0.2) is 18.4 Å². The van der Waals surface area contributed by atoms with Crippen LogP contribution in [0.1, 0.15) is 34.5 Å². The van der Waals surface area contributed by atoms with Crippen LogP contribution in [0.3, 0.4) is 0 Å². The van der Waals surface area contributed by atoms with E-state index in [4.69, 9.17) is 9.47 Å². The Morgan fingerprint density at radius 1 is 0.702 bits per heavy atom. The van der Waals surface area contributed by atoms with Crippen molar-refractivity contribution in [2.75, 3.05) is 13.1 Å². The monoisotopic (exact) mass is 640 g/mol. The van der Waals surface area contributed by atoms with Gasteiger partial charge in [0, 0.05) is 30.0 Å². The Bertz CT molecular complexity index is 1810. The van der Waals surface area contributed by atoms with Crippen molar-refractivity contribution in [3.05, 3.63) is 132 Å². The molecular weight excluding hydrogens is 606 g/mol. The van der Waals surface area contributed by atoms with Gasteiger partial charge in [-0.2, -0.15) is 0 Å². The largest absolute Gasteiger partial charge is 0.445 e. The summed E-state index contributed by atoms with van der Waals surface area (Å²) in [6, 6.07) is 28.7. The zero-order valence-corrected chi connectivity index (χ0v) is 25.4. The van der Waals surface area contributed by atoms with Gasteiger partial charge in [-0.1, -0.05) is 78.9 Å². The fourth-order valence-corrected chi connectivity index (χ4v) is 4.89. The van der Waals surface area contributed by atoms with E-state index in [1.807, 2.05) is 60.7 Å². The van der Waals surface area contributed by atoms with Crippen LogP contribution in [0.15, 0.2) is 103 Å². The minimum Gasteiger partial charge on any atom is -0.445 e. The lowest BCUT2D eigenvalue weighted by Crippen LogP contribution is -2.44. The molecule has 0 radical (unpaired) electrons. The number of hydrogen-bond acceptors (Lipinski definition) is 5. The van der Waals surface area contributed by atoms with Crippen molar-refractivity contribution in [3.8, 4) is 11.1 Å². The second kappa shape index (κ2) is 16.0. The van der Waals surface area contributed by atoms with Crippen LogP contribution >= 0.6 is 0 Å². The van der Waals surface area contributed by atoms with Crippen LogP contribution in [0.5, 0.6) is 0 Å². The second-order valence-electron chi connectivity index (χ2n) is 10.9. The number of rotatable bonds is 13. The first kappa shape index (κ1) is 32.7. The van der Waals surface area contributed by atoms with Crippen molar-refractivity contribution in [3.63, 3.8) is 0 Å². The average Bonchev–Trinajstić information content (AvgIpc) is 3.53. The number of alkyl carbamates (subject to hydrolysis) is 2. The number of carbonyl (C=O) groups excluding carboxylic acids is 3. The summed E-state index contributed by atoms with van der Waals surface area (Å²) < 4.78 is 37.8. The summed E-state index contributed by atoms with van der Waals surface area (Å²) in [5, 5.41) is 9.10. The maximum atomic E-state index is 13.8. The topological polar surface area (TPSA) is 122 Å². The highest BCUT2D eigenvalue weighted by atomic mass is 19.2. The number of hydrogen-bond donors (Lipinski definition) is 4. The predicted octanol–water partition coefficient (Wildman–Crippen LogP) is 6.84. The van der Waals surface area contributed by atoms with Crippen LogP contribution in [-0.2, 0) is 22.7 Å². The van der Waals surface area contributed by atoms with Gasteiger partial charge in [0.05, 0.1) is 0 Å². The summed E-state index contributed by atoms with van der Waals surface area (Å²) in [4.78, 5) is 40.9. The Labute approximate surface area is 270 Å². The number of ether oxygens (including phenoxy) is 2. The van der Waals surface area contributed by atoms with Crippen molar-refractivity contribution >= 4 is 29.0 Å². The van der Waals surface area contributed by atoms with Gasteiger partial charge in [-0.05, 0) is 59.4 Å². The van der Waals surface area contributed by atoms with E-state index in [0.717, 1.165) is 28.6 Å². The fourth-order valence-electron chi connectivity index (χ4n) is 4.89. The van der Waals surface area contributed by atoms with Gasteiger partial charge in [0.2, 0.25) is 0 Å². The molecule has 242 valence electrons. The summed E-state index contributed by atoms with van der Waals surface area (Å²) in [6.07, 6.45) is -0.289. The first-order chi connectivity index (χ1) is 22.8. The van der Waals surface area contributed by atoms with Crippen LogP contribution in [0.25, 0.3) is 22.0 Å².